The third-order valence-corrected chi connectivity index (χ3v) is 8.25. The Morgan fingerprint density at radius 2 is 1.64 bits per heavy atom. The third kappa shape index (κ3) is 4.25. The number of para-hydroxylation sites is 2. The average Bonchev–Trinajstić information content (AvgIpc) is 3.16. The van der Waals surface area contributed by atoms with Crippen LogP contribution in [0.4, 0.5) is 16.6 Å². The molecule has 2 N–H and O–H groups in total. The number of nitrogens with zero attached hydrogens (tertiary/aromatic N) is 3. The van der Waals surface area contributed by atoms with Crippen LogP contribution in [0.1, 0.15) is 28.8 Å². The maximum Gasteiger partial charge on any atom is 0.263 e. The molecule has 0 saturated heterocycles. The number of nitriles is 1. The first-order valence-electron chi connectivity index (χ1n) is 10.3. The molecular weight excluding hydrogens is 478 g/mol. The van der Waals surface area contributed by atoms with Gasteiger partial charge in [0, 0.05) is 9.90 Å². The van der Waals surface area contributed by atoms with Gasteiger partial charge in [0.15, 0.2) is 11.6 Å². The van der Waals surface area contributed by atoms with E-state index in [1.807, 2.05) is 12.1 Å². The Morgan fingerprint density at radius 3 is 2.33 bits per heavy atom. The summed E-state index contributed by atoms with van der Waals surface area (Å²) in [6, 6.07) is 15.4. The fraction of sp³-hybridized carbons (Fsp3) is 0.174. The molecule has 1 aliphatic rings. The number of hydrogen-bond acceptors (Lipinski definition) is 7. The third-order valence-electron chi connectivity index (χ3n) is 5.44. The molecule has 2 heterocycles. The molecule has 4 aromatic rings. The quantitative estimate of drug-likeness (QED) is 0.371. The van der Waals surface area contributed by atoms with Crippen molar-refractivity contribution in [2.24, 2.45) is 0 Å². The standard InChI is InChI=1S/C23H18ClN5O2S2/c24-14-9-11-15(12-10-14)33(30,31)29-22-21(26-18-6-2-3-7-19(18)27-22)28-23-17(13-25)16-5-1-4-8-20(16)32-23/h2-3,6-7,9-12H,1,4-5,8H2,(H,26,28)(H,27,29). The number of sulfonamides is 1. The van der Waals surface area contributed by atoms with Crippen LogP contribution in [0, 0.1) is 11.3 Å². The van der Waals surface area contributed by atoms with E-state index in [0.29, 0.717) is 26.6 Å². The van der Waals surface area contributed by atoms with E-state index < -0.39 is 10.0 Å². The molecule has 0 saturated carbocycles. The molecule has 0 fully saturated rings. The van der Waals surface area contributed by atoms with Crippen molar-refractivity contribution in [2.75, 3.05) is 10.0 Å². The van der Waals surface area contributed by atoms with Gasteiger partial charge in [0.2, 0.25) is 0 Å². The van der Waals surface area contributed by atoms with Gasteiger partial charge in [0.05, 0.1) is 21.5 Å². The monoisotopic (exact) mass is 495 g/mol. The number of nitrogens with one attached hydrogen (secondary N) is 2. The van der Waals surface area contributed by atoms with E-state index in [9.17, 15) is 13.7 Å². The van der Waals surface area contributed by atoms with Crippen LogP contribution in [-0.2, 0) is 22.9 Å². The van der Waals surface area contributed by atoms with Gasteiger partial charge >= 0.3 is 0 Å². The summed E-state index contributed by atoms with van der Waals surface area (Å²) in [6.07, 6.45) is 3.96. The Kier molecular flexibility index (Phi) is 5.66. The Hall–Kier alpha value is -3.19. The summed E-state index contributed by atoms with van der Waals surface area (Å²) >= 11 is 7.42. The van der Waals surface area contributed by atoms with Gasteiger partial charge in [0.25, 0.3) is 10.0 Å². The summed E-state index contributed by atoms with van der Waals surface area (Å²) in [6.45, 7) is 0. The number of rotatable bonds is 5. The zero-order valence-corrected chi connectivity index (χ0v) is 19.7. The number of halogens is 1. The van der Waals surface area contributed by atoms with Crippen molar-refractivity contribution in [3.8, 4) is 6.07 Å². The SMILES string of the molecule is N#Cc1c(Nc2nc3ccccc3nc2NS(=O)(=O)c2ccc(Cl)cc2)sc2c1CCCC2. The lowest BCUT2D eigenvalue weighted by atomic mass is 9.96. The van der Waals surface area contributed by atoms with E-state index in [4.69, 9.17) is 11.6 Å². The molecule has 166 valence electrons. The maximum atomic E-state index is 13.0. The number of hydrogen-bond donors (Lipinski definition) is 2. The number of fused-ring (bicyclic) bond motifs is 2. The first-order valence-corrected chi connectivity index (χ1v) is 13.0. The van der Waals surface area contributed by atoms with E-state index in [0.717, 1.165) is 31.2 Å². The van der Waals surface area contributed by atoms with E-state index in [1.165, 1.54) is 40.5 Å². The van der Waals surface area contributed by atoms with Gasteiger partial charge in [-0.1, -0.05) is 23.7 Å². The van der Waals surface area contributed by atoms with Gasteiger partial charge in [-0.25, -0.2) is 18.4 Å². The Balaban J connectivity index is 1.59. The maximum absolute atomic E-state index is 13.0. The first-order chi connectivity index (χ1) is 15.9. The minimum absolute atomic E-state index is 0.0529. The summed E-state index contributed by atoms with van der Waals surface area (Å²) in [5.74, 6) is 0.292. The van der Waals surface area contributed by atoms with E-state index in [-0.39, 0.29) is 16.5 Å². The summed E-state index contributed by atoms with van der Waals surface area (Å²) in [5, 5.41) is 14.1. The number of benzene rings is 2. The number of anilines is 3. The second kappa shape index (κ2) is 8.63. The fourth-order valence-corrected chi connectivity index (χ4v) is 6.21. The molecule has 0 unspecified atom stereocenters. The van der Waals surface area contributed by atoms with Crippen LogP contribution in [0.2, 0.25) is 5.02 Å². The topological polar surface area (TPSA) is 108 Å². The van der Waals surface area contributed by atoms with Gasteiger partial charge in [-0.3, -0.25) is 4.72 Å². The van der Waals surface area contributed by atoms with Crippen LogP contribution in [0.5, 0.6) is 0 Å². The van der Waals surface area contributed by atoms with Gasteiger partial charge in [-0.2, -0.15) is 5.26 Å². The summed E-state index contributed by atoms with van der Waals surface area (Å²) < 4.78 is 28.6. The highest BCUT2D eigenvalue weighted by molar-refractivity contribution is 7.92. The van der Waals surface area contributed by atoms with Crippen LogP contribution in [0.3, 0.4) is 0 Å². The highest BCUT2D eigenvalue weighted by Crippen LogP contribution is 2.40. The minimum atomic E-state index is -3.94. The van der Waals surface area contributed by atoms with Crippen molar-refractivity contribution in [3.05, 3.63) is 69.6 Å². The molecule has 0 aliphatic heterocycles. The molecular formula is C23H18ClN5O2S2. The molecule has 5 rings (SSSR count). The Morgan fingerprint density at radius 1 is 0.970 bits per heavy atom. The number of thiophene rings is 1. The zero-order valence-electron chi connectivity index (χ0n) is 17.3. The van der Waals surface area contributed by atoms with Crippen molar-refractivity contribution in [1.29, 1.82) is 5.26 Å². The molecule has 33 heavy (non-hydrogen) atoms. The van der Waals surface area contributed by atoms with Gasteiger partial charge < -0.3 is 5.32 Å². The highest BCUT2D eigenvalue weighted by atomic mass is 35.5. The Bertz CT molecular complexity index is 1510. The minimum Gasteiger partial charge on any atom is -0.328 e. The largest absolute Gasteiger partial charge is 0.328 e. The molecule has 0 amide bonds. The molecule has 0 atom stereocenters. The van der Waals surface area contributed by atoms with Crippen LogP contribution in [-0.4, -0.2) is 18.4 Å². The predicted octanol–water partition coefficient (Wildman–Crippen LogP) is 5.64. The number of aryl methyl sites for hydroxylation is 1. The van der Waals surface area contributed by atoms with Crippen LogP contribution in [0.15, 0.2) is 53.4 Å². The predicted molar refractivity (Wildman–Crippen MR) is 131 cm³/mol. The van der Waals surface area contributed by atoms with Gasteiger partial charge in [-0.15, -0.1) is 11.3 Å². The molecule has 2 aromatic heterocycles. The van der Waals surface area contributed by atoms with Crippen molar-refractivity contribution in [1.82, 2.24) is 9.97 Å². The van der Waals surface area contributed by atoms with Crippen molar-refractivity contribution < 1.29 is 8.42 Å². The summed E-state index contributed by atoms with van der Waals surface area (Å²) in [4.78, 5) is 10.4. The normalized spacial score (nSPS) is 13.3. The second-order valence-electron chi connectivity index (χ2n) is 7.62. The lowest BCUT2D eigenvalue weighted by Gasteiger charge is -2.13. The van der Waals surface area contributed by atoms with Crippen LogP contribution < -0.4 is 10.0 Å². The smallest absolute Gasteiger partial charge is 0.263 e. The lowest BCUT2D eigenvalue weighted by molar-refractivity contribution is 0.601. The van der Waals surface area contributed by atoms with E-state index in [2.05, 4.69) is 26.1 Å². The lowest BCUT2D eigenvalue weighted by Crippen LogP contribution is -2.16. The van der Waals surface area contributed by atoms with E-state index >= 15 is 0 Å². The molecule has 0 spiro atoms. The Labute approximate surface area is 200 Å². The number of aromatic nitrogens is 2. The highest BCUT2D eigenvalue weighted by Gasteiger charge is 2.24. The molecule has 0 bridgehead atoms. The second-order valence-corrected chi connectivity index (χ2v) is 10.8. The molecule has 1 aliphatic carbocycles. The van der Waals surface area contributed by atoms with Crippen molar-refractivity contribution in [3.63, 3.8) is 0 Å². The fourth-order valence-electron chi connectivity index (χ4n) is 3.84. The molecule has 0 radical (unpaired) electrons. The van der Waals surface area contributed by atoms with Crippen LogP contribution in [0.25, 0.3) is 11.0 Å². The molecule has 10 heteroatoms. The molecule has 7 nitrogen and oxygen atoms in total. The summed E-state index contributed by atoms with van der Waals surface area (Å²) in [7, 11) is -3.94. The van der Waals surface area contributed by atoms with Gasteiger partial charge in [-0.05, 0) is 67.6 Å². The van der Waals surface area contributed by atoms with E-state index in [1.54, 1.807) is 12.1 Å². The summed E-state index contributed by atoms with van der Waals surface area (Å²) in [5.41, 5.74) is 2.82. The first kappa shape index (κ1) is 21.6. The van der Waals surface area contributed by atoms with Crippen molar-refractivity contribution >= 4 is 60.6 Å². The zero-order chi connectivity index (χ0) is 23.0. The average molecular weight is 496 g/mol. The van der Waals surface area contributed by atoms with Crippen LogP contribution >= 0.6 is 22.9 Å². The van der Waals surface area contributed by atoms with Gasteiger partial charge in [0.1, 0.15) is 11.1 Å². The molecule has 2 aromatic carbocycles. The van der Waals surface area contributed by atoms with Crippen molar-refractivity contribution in [2.45, 2.75) is 30.6 Å².